The van der Waals surface area contributed by atoms with Crippen LogP contribution in [0, 0.1) is 33.3 Å². The summed E-state index contributed by atoms with van der Waals surface area (Å²) in [6, 6.07) is 0. The Kier molecular flexibility index (Phi) is 4.72. The van der Waals surface area contributed by atoms with Crippen LogP contribution < -0.4 is 0 Å². The zero-order valence-electron chi connectivity index (χ0n) is 16.4. The van der Waals surface area contributed by atoms with E-state index in [4.69, 9.17) is 0 Å². The maximum absolute atomic E-state index is 10.8. The minimum Gasteiger partial charge on any atom is -0.302 e. The fourth-order valence-electron chi connectivity index (χ4n) is 6.35. The molecule has 4 saturated carbocycles. The Balaban J connectivity index is 1.32. The van der Waals surface area contributed by atoms with E-state index in [1.54, 1.807) is 4.68 Å². The zero-order valence-corrected chi connectivity index (χ0v) is 17.3. The van der Waals surface area contributed by atoms with Crippen LogP contribution in [0.15, 0.2) is 30.2 Å². The molecule has 4 bridgehead atoms. The summed E-state index contributed by atoms with van der Waals surface area (Å²) in [6.07, 6.45) is 14.0. The van der Waals surface area contributed by atoms with E-state index >= 15 is 0 Å². The highest BCUT2D eigenvalue weighted by Crippen LogP contribution is 2.61. The van der Waals surface area contributed by atoms with Crippen LogP contribution in [-0.4, -0.2) is 29.5 Å². The Morgan fingerprint density at radius 1 is 1.24 bits per heavy atom. The van der Waals surface area contributed by atoms with E-state index in [9.17, 15) is 10.1 Å². The Bertz CT molecular complexity index is 900. The molecule has 0 amide bonds. The minimum atomic E-state index is -0.433. The van der Waals surface area contributed by atoms with Crippen molar-refractivity contribution < 1.29 is 4.92 Å². The zero-order chi connectivity index (χ0) is 20.0. The second-order valence-corrected chi connectivity index (χ2v) is 10.1. The molecule has 9 heteroatoms. The van der Waals surface area contributed by atoms with Gasteiger partial charge in [0, 0.05) is 13.0 Å². The van der Waals surface area contributed by atoms with E-state index < -0.39 is 4.92 Å². The first-order valence-electron chi connectivity index (χ1n) is 10.4. The van der Waals surface area contributed by atoms with Gasteiger partial charge in [0.1, 0.15) is 18.2 Å². The van der Waals surface area contributed by atoms with Crippen LogP contribution in [0.25, 0.3) is 0 Å². The second-order valence-electron chi connectivity index (χ2n) is 9.16. The molecule has 4 aliphatic rings. The average Bonchev–Trinajstić information content (AvgIpc) is 3.27. The quantitative estimate of drug-likeness (QED) is 0.280. The Morgan fingerprint density at radius 3 is 2.52 bits per heavy atom. The molecule has 0 N–H and O–H groups in total. The van der Waals surface area contributed by atoms with Crippen molar-refractivity contribution in [3.05, 3.63) is 41.0 Å². The molecule has 29 heavy (non-hydrogen) atoms. The van der Waals surface area contributed by atoms with Crippen LogP contribution in [0.3, 0.4) is 0 Å². The van der Waals surface area contributed by atoms with Crippen LogP contribution in [-0.2, 0) is 18.8 Å². The Morgan fingerprint density at radius 2 is 1.93 bits per heavy atom. The van der Waals surface area contributed by atoms with Gasteiger partial charge >= 0.3 is 5.69 Å². The lowest BCUT2D eigenvalue weighted by molar-refractivity contribution is -0.385. The van der Waals surface area contributed by atoms with E-state index in [1.165, 1.54) is 62.7 Å². The van der Waals surface area contributed by atoms with Crippen molar-refractivity contribution in [2.24, 2.45) is 23.2 Å². The van der Waals surface area contributed by atoms with Crippen LogP contribution in [0.4, 0.5) is 5.69 Å². The summed E-state index contributed by atoms with van der Waals surface area (Å²) in [6.45, 7) is 4.58. The molecule has 4 aliphatic carbocycles. The number of aromatic nitrogens is 5. The van der Waals surface area contributed by atoms with Gasteiger partial charge in [-0.25, -0.2) is 0 Å². The third-order valence-electron chi connectivity index (χ3n) is 6.96. The monoisotopic (exact) mass is 414 g/mol. The summed E-state index contributed by atoms with van der Waals surface area (Å²) in [5, 5.41) is 24.7. The van der Waals surface area contributed by atoms with Gasteiger partial charge < -0.3 is 4.57 Å². The first-order valence-corrected chi connectivity index (χ1v) is 11.3. The maximum Gasteiger partial charge on any atom is 0.307 e. The first kappa shape index (κ1) is 18.8. The Hall–Kier alpha value is -2.16. The lowest BCUT2D eigenvalue weighted by Crippen LogP contribution is -2.47. The Labute approximate surface area is 173 Å². The van der Waals surface area contributed by atoms with E-state index in [-0.39, 0.29) is 5.69 Å². The van der Waals surface area contributed by atoms with Gasteiger partial charge in [-0.05, 0) is 61.7 Å². The molecule has 0 unspecified atom stereocenters. The normalized spacial score (nSPS) is 30.0. The van der Waals surface area contributed by atoms with Crippen molar-refractivity contribution in [1.29, 1.82) is 0 Å². The third kappa shape index (κ3) is 3.60. The van der Waals surface area contributed by atoms with Crippen molar-refractivity contribution in [2.75, 3.05) is 0 Å². The molecule has 2 aromatic rings. The molecule has 0 spiro atoms. The summed E-state index contributed by atoms with van der Waals surface area (Å²) >= 11 is 1.50. The highest BCUT2D eigenvalue weighted by atomic mass is 32.2. The maximum atomic E-state index is 10.8. The minimum absolute atomic E-state index is 0.000615. The van der Waals surface area contributed by atoms with Gasteiger partial charge in [-0.3, -0.25) is 14.8 Å². The van der Waals surface area contributed by atoms with E-state index in [0.29, 0.717) is 17.8 Å². The standard InChI is InChI=1S/C20H26N6O2S/c1-2-3-25-18(10-20-7-14-4-15(8-20)6-16(5-14)9-20)22-23-19(25)29-13-24-12-17(11-21-24)26(27)28/h2,11-12,14-16H,1,3-10,13H2. The predicted octanol–water partition coefficient (Wildman–Crippen LogP) is 4.08. The molecule has 154 valence electrons. The lowest BCUT2D eigenvalue weighted by Gasteiger charge is -2.56. The molecule has 0 saturated heterocycles. The van der Waals surface area contributed by atoms with Crippen LogP contribution in [0.5, 0.6) is 0 Å². The number of hydrogen-bond donors (Lipinski definition) is 0. The molecule has 0 radical (unpaired) electrons. The molecule has 0 atom stereocenters. The topological polar surface area (TPSA) is 91.7 Å². The van der Waals surface area contributed by atoms with Gasteiger partial charge in [0.25, 0.3) is 0 Å². The highest BCUT2D eigenvalue weighted by molar-refractivity contribution is 7.98. The van der Waals surface area contributed by atoms with E-state index in [2.05, 4.69) is 26.4 Å². The summed E-state index contributed by atoms with van der Waals surface area (Å²) < 4.78 is 3.72. The molecule has 2 heterocycles. The molecular weight excluding hydrogens is 388 g/mol. The van der Waals surface area contributed by atoms with E-state index in [0.717, 1.165) is 35.2 Å². The smallest absolute Gasteiger partial charge is 0.302 e. The number of allylic oxidation sites excluding steroid dienone is 1. The van der Waals surface area contributed by atoms with Crippen LogP contribution in [0.2, 0.25) is 0 Å². The third-order valence-corrected chi connectivity index (χ3v) is 7.91. The predicted molar refractivity (Wildman–Crippen MR) is 109 cm³/mol. The highest BCUT2D eigenvalue weighted by Gasteiger charge is 2.51. The molecule has 8 nitrogen and oxygen atoms in total. The van der Waals surface area contributed by atoms with Crippen molar-refractivity contribution in [3.63, 3.8) is 0 Å². The van der Waals surface area contributed by atoms with Gasteiger partial charge in [0.2, 0.25) is 0 Å². The second kappa shape index (κ2) is 7.27. The molecule has 6 rings (SSSR count). The van der Waals surface area contributed by atoms with Gasteiger partial charge in [0.15, 0.2) is 5.16 Å². The van der Waals surface area contributed by atoms with Crippen molar-refractivity contribution in [3.8, 4) is 0 Å². The van der Waals surface area contributed by atoms with Crippen LogP contribution >= 0.6 is 11.8 Å². The molecule has 0 aliphatic heterocycles. The molecule has 0 aromatic carbocycles. The van der Waals surface area contributed by atoms with Gasteiger partial charge in [-0.2, -0.15) is 5.10 Å². The average molecular weight is 415 g/mol. The van der Waals surface area contributed by atoms with E-state index in [1.807, 2.05) is 6.08 Å². The fourth-order valence-corrected chi connectivity index (χ4v) is 7.18. The lowest BCUT2D eigenvalue weighted by atomic mass is 9.49. The van der Waals surface area contributed by atoms with Gasteiger partial charge in [-0.15, -0.1) is 16.8 Å². The summed E-state index contributed by atoms with van der Waals surface area (Å²) in [5.41, 5.74) is 0.409. The molecule has 4 fully saturated rings. The number of thioether (sulfide) groups is 1. The van der Waals surface area contributed by atoms with Crippen LogP contribution in [0.1, 0.15) is 44.3 Å². The molecular formula is C20H26N6O2S. The van der Waals surface area contributed by atoms with Gasteiger partial charge in [-0.1, -0.05) is 17.8 Å². The number of nitrogens with zero attached hydrogens (tertiary/aromatic N) is 6. The van der Waals surface area contributed by atoms with Crippen molar-refractivity contribution >= 4 is 17.4 Å². The molecule has 2 aromatic heterocycles. The van der Waals surface area contributed by atoms with Crippen molar-refractivity contribution in [2.45, 2.75) is 62.5 Å². The van der Waals surface area contributed by atoms with Gasteiger partial charge in [0.05, 0.1) is 10.8 Å². The number of hydrogen-bond acceptors (Lipinski definition) is 6. The summed E-state index contributed by atoms with van der Waals surface area (Å²) in [7, 11) is 0. The fraction of sp³-hybridized carbons (Fsp3) is 0.650. The summed E-state index contributed by atoms with van der Waals surface area (Å²) in [4.78, 5) is 10.4. The number of rotatable bonds is 8. The SMILES string of the molecule is C=CCn1c(CC23CC4CC(CC(C4)C2)C3)nnc1SCn1cc([N+](=O)[O-])cn1. The van der Waals surface area contributed by atoms with Crippen molar-refractivity contribution in [1.82, 2.24) is 24.5 Å². The first-order chi connectivity index (χ1) is 14.0. The number of nitro groups is 1. The largest absolute Gasteiger partial charge is 0.307 e. The summed E-state index contributed by atoms with van der Waals surface area (Å²) in [5.74, 6) is 4.27.